The Labute approximate surface area is 113 Å². The van der Waals surface area contributed by atoms with Crippen LogP contribution in [0.25, 0.3) is 0 Å². The molecule has 4 nitrogen and oxygen atoms in total. The first-order chi connectivity index (χ1) is 9.61. The van der Waals surface area contributed by atoms with E-state index >= 15 is 0 Å². The average molecular weight is 277 g/mol. The van der Waals surface area contributed by atoms with E-state index in [-0.39, 0.29) is 12.1 Å². The summed E-state index contributed by atoms with van der Waals surface area (Å²) < 4.78 is 25.9. The van der Waals surface area contributed by atoms with Crippen LogP contribution in [0.3, 0.4) is 0 Å². The molecule has 2 N–H and O–H groups in total. The lowest BCUT2D eigenvalue weighted by molar-refractivity contribution is 0.507. The van der Waals surface area contributed by atoms with E-state index in [4.69, 9.17) is 0 Å². The van der Waals surface area contributed by atoms with Gasteiger partial charge in [0, 0.05) is 18.5 Å². The fourth-order valence-corrected chi connectivity index (χ4v) is 1.96. The molecule has 0 saturated heterocycles. The minimum absolute atomic E-state index is 0.213. The van der Waals surface area contributed by atoms with E-state index in [9.17, 15) is 13.6 Å². The molecule has 0 aliphatic heterocycles. The Balaban J connectivity index is 1.74. The molecule has 0 radical (unpaired) electrons. The number of aromatic nitrogens is 2. The van der Waals surface area contributed by atoms with Gasteiger partial charge in [-0.25, -0.2) is 13.8 Å². The fraction of sp³-hybridized carbons (Fsp3) is 0.286. The van der Waals surface area contributed by atoms with Crippen molar-refractivity contribution in [3.63, 3.8) is 0 Å². The molecule has 1 aromatic carbocycles. The Bertz CT molecular complexity index is 695. The second-order valence-electron chi connectivity index (χ2n) is 4.89. The highest BCUT2D eigenvalue weighted by molar-refractivity contribution is 5.35. The Hall–Kier alpha value is -2.24. The Morgan fingerprint density at radius 2 is 2.05 bits per heavy atom. The third kappa shape index (κ3) is 2.84. The molecule has 6 heteroatoms. The van der Waals surface area contributed by atoms with Gasteiger partial charge in [-0.05, 0) is 30.5 Å². The van der Waals surface area contributed by atoms with E-state index in [2.05, 4.69) is 15.3 Å². The number of nitrogens with zero attached hydrogens (tertiary/aromatic N) is 1. The predicted octanol–water partition coefficient (Wildman–Crippen LogP) is 2.54. The summed E-state index contributed by atoms with van der Waals surface area (Å²) in [6.07, 6.45) is 2.07. The van der Waals surface area contributed by atoms with Crippen LogP contribution in [-0.4, -0.2) is 9.97 Å². The zero-order chi connectivity index (χ0) is 14.1. The molecular weight excluding hydrogens is 264 g/mol. The second-order valence-corrected chi connectivity index (χ2v) is 4.89. The maximum atomic E-state index is 13.1. The Kier molecular flexibility index (Phi) is 3.22. The van der Waals surface area contributed by atoms with Gasteiger partial charge in [0.2, 0.25) is 0 Å². The molecule has 0 amide bonds. The van der Waals surface area contributed by atoms with Gasteiger partial charge in [0.25, 0.3) is 5.56 Å². The third-order valence-corrected chi connectivity index (χ3v) is 3.18. The maximum absolute atomic E-state index is 13.1. The highest BCUT2D eigenvalue weighted by Gasteiger charge is 2.26. The lowest BCUT2D eigenvalue weighted by Gasteiger charge is -2.07. The van der Waals surface area contributed by atoms with Crippen LogP contribution in [0.5, 0.6) is 0 Å². The number of benzene rings is 1. The number of hydrogen-bond acceptors (Lipinski definition) is 3. The SMILES string of the molecule is O=c1cc(NCc2ccc(F)c(F)c2)nc(C2CC2)[nH]1. The first kappa shape index (κ1) is 12.8. The molecule has 1 heterocycles. The number of rotatable bonds is 4. The van der Waals surface area contributed by atoms with Crippen molar-refractivity contribution >= 4 is 5.82 Å². The van der Waals surface area contributed by atoms with Crippen LogP contribution in [0.15, 0.2) is 29.1 Å². The molecule has 2 aromatic rings. The van der Waals surface area contributed by atoms with E-state index in [0.29, 0.717) is 23.1 Å². The van der Waals surface area contributed by atoms with Crippen molar-refractivity contribution in [2.75, 3.05) is 5.32 Å². The zero-order valence-corrected chi connectivity index (χ0v) is 10.6. The van der Waals surface area contributed by atoms with E-state index in [1.165, 1.54) is 12.1 Å². The summed E-state index contributed by atoms with van der Waals surface area (Å²) in [6.45, 7) is 0.276. The molecule has 1 aromatic heterocycles. The summed E-state index contributed by atoms with van der Waals surface area (Å²) in [4.78, 5) is 18.5. The summed E-state index contributed by atoms with van der Waals surface area (Å²) in [5, 5.41) is 2.95. The minimum atomic E-state index is -0.887. The van der Waals surface area contributed by atoms with Gasteiger partial charge >= 0.3 is 0 Å². The Morgan fingerprint density at radius 3 is 2.75 bits per heavy atom. The van der Waals surface area contributed by atoms with Gasteiger partial charge in [0.05, 0.1) is 0 Å². The molecule has 0 bridgehead atoms. The van der Waals surface area contributed by atoms with Crippen molar-refractivity contribution in [2.45, 2.75) is 25.3 Å². The number of aromatic amines is 1. The fourth-order valence-electron chi connectivity index (χ4n) is 1.96. The zero-order valence-electron chi connectivity index (χ0n) is 10.6. The lowest BCUT2D eigenvalue weighted by Crippen LogP contribution is -2.13. The summed E-state index contributed by atoms with van der Waals surface area (Å²) in [6, 6.07) is 5.04. The maximum Gasteiger partial charge on any atom is 0.252 e. The largest absolute Gasteiger partial charge is 0.366 e. The van der Waals surface area contributed by atoms with E-state index < -0.39 is 11.6 Å². The standard InChI is InChI=1S/C14H13F2N3O/c15-10-4-1-8(5-11(10)16)7-17-12-6-13(20)19-14(18-12)9-2-3-9/h1,4-6,9H,2-3,7H2,(H2,17,18,19,20). The molecule has 0 atom stereocenters. The van der Waals surface area contributed by atoms with Crippen LogP contribution < -0.4 is 10.9 Å². The van der Waals surface area contributed by atoms with E-state index in [1.807, 2.05) is 0 Å². The quantitative estimate of drug-likeness (QED) is 0.903. The number of hydrogen-bond donors (Lipinski definition) is 2. The van der Waals surface area contributed by atoms with Crippen LogP contribution >= 0.6 is 0 Å². The molecule has 1 saturated carbocycles. The highest BCUT2D eigenvalue weighted by atomic mass is 19.2. The first-order valence-electron chi connectivity index (χ1n) is 6.41. The van der Waals surface area contributed by atoms with Crippen LogP contribution in [0.4, 0.5) is 14.6 Å². The monoisotopic (exact) mass is 277 g/mol. The number of H-pyrrole nitrogens is 1. The number of anilines is 1. The van der Waals surface area contributed by atoms with E-state index in [0.717, 1.165) is 25.0 Å². The van der Waals surface area contributed by atoms with Crippen LogP contribution in [0.2, 0.25) is 0 Å². The third-order valence-electron chi connectivity index (χ3n) is 3.18. The number of halogens is 2. The molecule has 1 aliphatic rings. The normalized spacial score (nSPS) is 14.3. The summed E-state index contributed by atoms with van der Waals surface area (Å²) in [5.74, 6) is -0.292. The molecule has 3 rings (SSSR count). The number of nitrogens with one attached hydrogen (secondary N) is 2. The summed E-state index contributed by atoms with van der Waals surface area (Å²) in [7, 11) is 0. The predicted molar refractivity (Wildman–Crippen MR) is 70.5 cm³/mol. The van der Waals surface area contributed by atoms with E-state index in [1.54, 1.807) is 0 Å². The van der Waals surface area contributed by atoms with Crippen molar-refractivity contribution in [1.82, 2.24) is 9.97 Å². The molecule has 1 fully saturated rings. The van der Waals surface area contributed by atoms with Gasteiger partial charge in [-0.2, -0.15) is 0 Å². The highest BCUT2D eigenvalue weighted by Crippen LogP contribution is 2.37. The van der Waals surface area contributed by atoms with Crippen LogP contribution in [0, 0.1) is 11.6 Å². The molecule has 0 spiro atoms. The van der Waals surface area contributed by atoms with Gasteiger partial charge < -0.3 is 10.3 Å². The molecule has 20 heavy (non-hydrogen) atoms. The summed E-state index contributed by atoms with van der Waals surface area (Å²) >= 11 is 0. The van der Waals surface area contributed by atoms with Crippen molar-refractivity contribution < 1.29 is 8.78 Å². The van der Waals surface area contributed by atoms with Gasteiger partial charge in [-0.15, -0.1) is 0 Å². The van der Waals surface area contributed by atoms with Crippen molar-refractivity contribution in [2.24, 2.45) is 0 Å². The van der Waals surface area contributed by atoms with Gasteiger partial charge in [-0.3, -0.25) is 4.79 Å². The van der Waals surface area contributed by atoms with Gasteiger partial charge in [0.1, 0.15) is 11.6 Å². The van der Waals surface area contributed by atoms with Crippen molar-refractivity contribution in [3.05, 3.63) is 57.6 Å². The average Bonchev–Trinajstić information content (AvgIpc) is 3.24. The topological polar surface area (TPSA) is 57.8 Å². The second kappa shape index (κ2) is 5.03. The molecular formula is C14H13F2N3O. The summed E-state index contributed by atoms with van der Waals surface area (Å²) in [5.41, 5.74) is 0.369. The smallest absolute Gasteiger partial charge is 0.252 e. The van der Waals surface area contributed by atoms with Crippen molar-refractivity contribution in [3.8, 4) is 0 Å². The van der Waals surface area contributed by atoms with Crippen molar-refractivity contribution in [1.29, 1.82) is 0 Å². The van der Waals surface area contributed by atoms with Crippen LogP contribution in [-0.2, 0) is 6.54 Å². The molecule has 104 valence electrons. The molecule has 1 aliphatic carbocycles. The van der Waals surface area contributed by atoms with Gasteiger partial charge in [0.15, 0.2) is 11.6 Å². The first-order valence-corrected chi connectivity index (χ1v) is 6.41. The van der Waals surface area contributed by atoms with Gasteiger partial charge in [-0.1, -0.05) is 6.07 Å². The minimum Gasteiger partial charge on any atom is -0.366 e. The lowest BCUT2D eigenvalue weighted by atomic mass is 10.2. The molecule has 0 unspecified atom stereocenters. The Morgan fingerprint density at radius 1 is 1.25 bits per heavy atom. The van der Waals surface area contributed by atoms with Crippen LogP contribution in [0.1, 0.15) is 30.1 Å².